The fourth-order valence-corrected chi connectivity index (χ4v) is 2.13. The first-order valence-electron chi connectivity index (χ1n) is 7.05. The smallest absolute Gasteiger partial charge is 0.355 e. The van der Waals surface area contributed by atoms with E-state index in [1.54, 1.807) is 7.05 Å². The second kappa shape index (κ2) is 8.94. The normalized spacial score (nSPS) is 12.0. The summed E-state index contributed by atoms with van der Waals surface area (Å²) in [4.78, 5) is 4.00. The molecule has 6 nitrogen and oxygen atoms in total. The van der Waals surface area contributed by atoms with Gasteiger partial charge in [0.05, 0.1) is 0 Å². The van der Waals surface area contributed by atoms with Crippen LogP contribution in [-0.2, 0) is 26.3 Å². The van der Waals surface area contributed by atoms with Crippen molar-refractivity contribution in [3.63, 3.8) is 0 Å². The Hall–Kier alpha value is -1.72. The molecule has 2 aromatic rings. The third-order valence-electron chi connectivity index (χ3n) is 3.17. The van der Waals surface area contributed by atoms with E-state index < -0.39 is 11.9 Å². The standard InChI is InChI=1S/C14H19F3N6.HI/c1-18-13(19-5-8-23-6-3-4-7-23)20-9-11-10-22(2)21-12(11)14(15,16)17;/h3-4,6-7,10H,5,8-9H2,1-2H3,(H2,18,19,20);1H. The molecule has 0 amide bonds. The number of guanidine groups is 1. The molecule has 2 heterocycles. The zero-order chi connectivity index (χ0) is 16.9. The van der Waals surface area contributed by atoms with E-state index in [2.05, 4.69) is 20.7 Å². The van der Waals surface area contributed by atoms with Crippen LogP contribution in [0.1, 0.15) is 11.3 Å². The van der Waals surface area contributed by atoms with E-state index in [0.29, 0.717) is 12.5 Å². The van der Waals surface area contributed by atoms with Gasteiger partial charge in [0.2, 0.25) is 0 Å². The van der Waals surface area contributed by atoms with Crippen molar-refractivity contribution in [1.82, 2.24) is 25.0 Å². The molecule has 2 rings (SSSR count). The number of halogens is 4. The second-order valence-electron chi connectivity index (χ2n) is 4.95. The van der Waals surface area contributed by atoms with E-state index in [9.17, 15) is 13.2 Å². The van der Waals surface area contributed by atoms with Crippen molar-refractivity contribution in [1.29, 1.82) is 0 Å². The van der Waals surface area contributed by atoms with Gasteiger partial charge in [0.1, 0.15) is 0 Å². The van der Waals surface area contributed by atoms with Crippen molar-refractivity contribution in [2.24, 2.45) is 12.0 Å². The molecular weight excluding hydrogens is 436 g/mol. The Morgan fingerprint density at radius 1 is 1.25 bits per heavy atom. The minimum Gasteiger partial charge on any atom is -0.355 e. The van der Waals surface area contributed by atoms with Gasteiger partial charge in [-0.2, -0.15) is 18.3 Å². The number of aliphatic imine (C=N–C) groups is 1. The molecule has 134 valence electrons. The van der Waals surface area contributed by atoms with Crippen molar-refractivity contribution >= 4 is 29.9 Å². The summed E-state index contributed by atoms with van der Waals surface area (Å²) in [5.74, 6) is 0.439. The lowest BCUT2D eigenvalue weighted by atomic mass is 10.2. The van der Waals surface area contributed by atoms with Crippen LogP contribution in [0.3, 0.4) is 0 Å². The maximum Gasteiger partial charge on any atom is 0.435 e. The number of rotatable bonds is 5. The maximum atomic E-state index is 12.9. The maximum absolute atomic E-state index is 12.9. The SMILES string of the molecule is CN=C(NCCn1cccc1)NCc1cn(C)nc1C(F)(F)F.I. The third kappa shape index (κ3) is 5.73. The number of aromatic nitrogens is 3. The van der Waals surface area contributed by atoms with Gasteiger partial charge in [-0.05, 0) is 12.1 Å². The lowest BCUT2D eigenvalue weighted by Gasteiger charge is -2.12. The summed E-state index contributed by atoms with van der Waals surface area (Å²) < 4.78 is 41.8. The van der Waals surface area contributed by atoms with E-state index in [1.165, 1.54) is 13.2 Å². The quantitative estimate of drug-likeness (QED) is 0.412. The average molecular weight is 456 g/mol. The Morgan fingerprint density at radius 3 is 2.50 bits per heavy atom. The molecule has 0 spiro atoms. The summed E-state index contributed by atoms with van der Waals surface area (Å²) in [6.07, 6.45) is 0.749. The Kier molecular flexibility index (Phi) is 7.58. The van der Waals surface area contributed by atoms with Crippen LogP contribution in [0.15, 0.2) is 35.7 Å². The molecule has 0 aliphatic rings. The first kappa shape index (κ1) is 20.3. The molecule has 2 aromatic heterocycles. The number of hydrogen-bond donors (Lipinski definition) is 2. The van der Waals surface area contributed by atoms with Crippen LogP contribution < -0.4 is 10.6 Å². The van der Waals surface area contributed by atoms with Crippen molar-refractivity contribution in [3.05, 3.63) is 42.0 Å². The minimum atomic E-state index is -4.47. The van der Waals surface area contributed by atoms with Gasteiger partial charge in [-0.25, -0.2) is 0 Å². The van der Waals surface area contributed by atoms with Gasteiger partial charge in [-0.3, -0.25) is 9.67 Å². The molecule has 0 saturated carbocycles. The second-order valence-corrected chi connectivity index (χ2v) is 4.95. The molecule has 0 atom stereocenters. The van der Waals surface area contributed by atoms with Crippen LogP contribution in [-0.4, -0.2) is 33.9 Å². The van der Waals surface area contributed by atoms with E-state index in [0.717, 1.165) is 11.2 Å². The summed E-state index contributed by atoms with van der Waals surface area (Å²) in [7, 11) is 3.03. The van der Waals surface area contributed by atoms with Crippen molar-refractivity contribution in [2.75, 3.05) is 13.6 Å². The largest absolute Gasteiger partial charge is 0.435 e. The topological polar surface area (TPSA) is 59.2 Å². The Labute approximate surface area is 155 Å². The molecular formula is C14H20F3IN6. The highest BCUT2D eigenvalue weighted by Crippen LogP contribution is 2.30. The highest BCUT2D eigenvalue weighted by molar-refractivity contribution is 14.0. The zero-order valence-electron chi connectivity index (χ0n) is 13.3. The minimum absolute atomic E-state index is 0. The summed E-state index contributed by atoms with van der Waals surface area (Å²) in [5, 5.41) is 9.39. The predicted octanol–water partition coefficient (Wildman–Crippen LogP) is 2.22. The first-order chi connectivity index (χ1) is 10.9. The number of alkyl halides is 3. The van der Waals surface area contributed by atoms with Crippen molar-refractivity contribution < 1.29 is 13.2 Å². The molecule has 2 N–H and O–H groups in total. The van der Waals surface area contributed by atoms with Crippen LogP contribution in [0.4, 0.5) is 13.2 Å². The summed E-state index contributed by atoms with van der Waals surface area (Å²) in [5.41, 5.74) is -0.802. The van der Waals surface area contributed by atoms with Gasteiger partial charge >= 0.3 is 6.18 Å². The molecule has 0 aliphatic carbocycles. The van der Waals surface area contributed by atoms with Crippen molar-refractivity contribution in [2.45, 2.75) is 19.3 Å². The summed E-state index contributed by atoms with van der Waals surface area (Å²) in [6, 6.07) is 3.85. The van der Waals surface area contributed by atoms with Gasteiger partial charge in [0, 0.05) is 57.9 Å². The molecule has 10 heteroatoms. The number of nitrogens with one attached hydrogen (secondary N) is 2. The molecule has 0 saturated heterocycles. The highest BCUT2D eigenvalue weighted by Gasteiger charge is 2.36. The van der Waals surface area contributed by atoms with Crippen molar-refractivity contribution in [3.8, 4) is 0 Å². The zero-order valence-corrected chi connectivity index (χ0v) is 15.7. The highest BCUT2D eigenvalue weighted by atomic mass is 127. The summed E-state index contributed by atoms with van der Waals surface area (Å²) >= 11 is 0. The van der Waals surface area contributed by atoms with E-state index in [4.69, 9.17) is 0 Å². The molecule has 0 bridgehead atoms. The van der Waals surface area contributed by atoms with Crippen LogP contribution in [0.25, 0.3) is 0 Å². The lowest BCUT2D eigenvalue weighted by Crippen LogP contribution is -2.38. The van der Waals surface area contributed by atoms with Crippen LogP contribution in [0, 0.1) is 0 Å². The van der Waals surface area contributed by atoms with Gasteiger partial charge in [-0.15, -0.1) is 24.0 Å². The van der Waals surface area contributed by atoms with Crippen LogP contribution in [0.5, 0.6) is 0 Å². The molecule has 0 fully saturated rings. The fourth-order valence-electron chi connectivity index (χ4n) is 2.13. The van der Waals surface area contributed by atoms with Crippen LogP contribution in [0.2, 0.25) is 0 Å². The Bertz CT molecular complexity index is 648. The van der Waals surface area contributed by atoms with Gasteiger partial charge in [-0.1, -0.05) is 0 Å². The fraction of sp³-hybridized carbons (Fsp3) is 0.429. The molecule has 0 unspecified atom stereocenters. The average Bonchev–Trinajstić information content (AvgIpc) is 3.11. The van der Waals surface area contributed by atoms with E-state index >= 15 is 0 Å². The van der Waals surface area contributed by atoms with Crippen LogP contribution >= 0.6 is 24.0 Å². The molecule has 0 radical (unpaired) electrons. The van der Waals surface area contributed by atoms with E-state index in [1.807, 2.05) is 29.1 Å². The first-order valence-corrected chi connectivity index (χ1v) is 7.05. The van der Waals surface area contributed by atoms with Gasteiger partial charge in [0.15, 0.2) is 11.7 Å². The Morgan fingerprint density at radius 2 is 1.92 bits per heavy atom. The number of hydrogen-bond acceptors (Lipinski definition) is 2. The van der Waals surface area contributed by atoms with Gasteiger partial charge < -0.3 is 15.2 Å². The summed E-state index contributed by atoms with van der Waals surface area (Å²) in [6.45, 7) is 1.33. The Balaban J connectivity index is 0.00000288. The molecule has 24 heavy (non-hydrogen) atoms. The van der Waals surface area contributed by atoms with Gasteiger partial charge in [0.25, 0.3) is 0 Å². The molecule has 0 aliphatic heterocycles. The molecule has 0 aromatic carbocycles. The lowest BCUT2D eigenvalue weighted by molar-refractivity contribution is -0.142. The predicted molar refractivity (Wildman–Crippen MR) is 96.3 cm³/mol. The third-order valence-corrected chi connectivity index (χ3v) is 3.17. The number of aryl methyl sites for hydroxylation is 1. The van der Waals surface area contributed by atoms with E-state index in [-0.39, 0.29) is 36.1 Å². The monoisotopic (exact) mass is 456 g/mol. The number of nitrogens with zero attached hydrogens (tertiary/aromatic N) is 4.